The number of benzene rings is 1. The van der Waals surface area contributed by atoms with Gasteiger partial charge < -0.3 is 49.2 Å². The molecule has 16 heteroatoms. The van der Waals surface area contributed by atoms with Crippen molar-refractivity contribution in [3.8, 4) is 0 Å². The fourth-order valence-electron chi connectivity index (χ4n) is 10.1. The molecular weight excluding hydrogens is 871 g/mol. The summed E-state index contributed by atoms with van der Waals surface area (Å²) in [6.07, 6.45) is 1.45. The van der Waals surface area contributed by atoms with Crippen LogP contribution in [0, 0.1) is 35.5 Å². The zero-order chi connectivity index (χ0) is 50.2. The van der Waals surface area contributed by atoms with Crippen molar-refractivity contribution in [2.24, 2.45) is 35.5 Å². The number of likely N-dealkylation sites (tertiary alicyclic amines) is 1. The molecule has 2 heterocycles. The largest absolute Gasteiger partial charge is 0.394 e. The van der Waals surface area contributed by atoms with E-state index in [-0.39, 0.29) is 105 Å². The first-order chi connectivity index (χ1) is 32.6. The van der Waals surface area contributed by atoms with Gasteiger partial charge in [-0.2, -0.15) is 0 Å². The van der Waals surface area contributed by atoms with E-state index in [1.165, 1.54) is 0 Å². The van der Waals surface area contributed by atoms with Gasteiger partial charge in [-0.1, -0.05) is 85.2 Å². The number of methoxy groups -OCH3 is 2. The Hall–Kier alpha value is -3.35. The lowest BCUT2D eigenvalue weighted by atomic mass is 9.83. The van der Waals surface area contributed by atoms with Gasteiger partial charge in [0, 0.05) is 91.1 Å². The van der Waals surface area contributed by atoms with E-state index >= 15 is 0 Å². The highest BCUT2D eigenvalue weighted by molar-refractivity contribution is 5.90. The second-order valence-corrected chi connectivity index (χ2v) is 19.5. The Balaban J connectivity index is 1.70. The van der Waals surface area contributed by atoms with Crippen LogP contribution in [0.4, 0.5) is 0 Å². The number of ether oxygens (including phenoxy) is 5. The number of Topliss-reactive ketones (excluding diaryl/α,β-unsaturated/α-hetero) is 2. The zero-order valence-electron chi connectivity index (χ0n) is 43.3. The van der Waals surface area contributed by atoms with Crippen LogP contribution in [-0.4, -0.2) is 186 Å². The molecule has 388 valence electrons. The lowest BCUT2D eigenvalue weighted by Crippen LogP contribution is -2.55. The van der Waals surface area contributed by atoms with Crippen LogP contribution in [0.3, 0.4) is 0 Å². The molecule has 3 N–H and O–H groups in total. The van der Waals surface area contributed by atoms with Gasteiger partial charge in [-0.15, -0.1) is 0 Å². The third-order valence-electron chi connectivity index (χ3n) is 14.1. The quantitative estimate of drug-likeness (QED) is 0.0843. The van der Waals surface area contributed by atoms with E-state index in [1.807, 2.05) is 56.0 Å². The highest BCUT2D eigenvalue weighted by Gasteiger charge is 2.44. The van der Waals surface area contributed by atoms with E-state index in [4.69, 9.17) is 28.8 Å². The normalized spacial score (nSPS) is 19.2. The highest BCUT2D eigenvalue weighted by atomic mass is 16.5. The van der Waals surface area contributed by atoms with Crippen molar-refractivity contribution >= 4 is 29.3 Å². The molecule has 9 atom stereocenters. The average molecular weight is 960 g/mol. The number of carbonyl (C=O) groups is 5. The molecule has 2 fully saturated rings. The van der Waals surface area contributed by atoms with Crippen LogP contribution >= 0.6 is 0 Å². The first-order valence-electron chi connectivity index (χ1n) is 25.4. The monoisotopic (exact) mass is 960 g/mol. The molecule has 0 saturated carbocycles. The Morgan fingerprint density at radius 3 is 2.01 bits per heavy atom. The van der Waals surface area contributed by atoms with Gasteiger partial charge in [0.05, 0.1) is 83.0 Å². The second kappa shape index (κ2) is 31.8. The van der Waals surface area contributed by atoms with Crippen LogP contribution < -0.4 is 10.6 Å². The maximum atomic E-state index is 14.6. The maximum Gasteiger partial charge on any atom is 0.226 e. The number of nitrogens with one attached hydrogen (secondary N) is 2. The summed E-state index contributed by atoms with van der Waals surface area (Å²) in [6, 6.07) is 8.55. The topological polar surface area (TPSA) is 186 Å². The minimum atomic E-state index is -0.634. The van der Waals surface area contributed by atoms with Crippen LogP contribution in [0.2, 0.25) is 0 Å². The van der Waals surface area contributed by atoms with E-state index in [9.17, 15) is 24.0 Å². The Morgan fingerprint density at radius 2 is 1.44 bits per heavy atom. The summed E-state index contributed by atoms with van der Waals surface area (Å²) in [4.78, 5) is 76.9. The van der Waals surface area contributed by atoms with Crippen molar-refractivity contribution in [2.45, 2.75) is 124 Å². The maximum absolute atomic E-state index is 14.6. The minimum Gasteiger partial charge on any atom is -0.394 e. The van der Waals surface area contributed by atoms with Crippen molar-refractivity contribution in [3.63, 3.8) is 0 Å². The second-order valence-electron chi connectivity index (χ2n) is 19.5. The Morgan fingerprint density at radius 1 is 0.809 bits per heavy atom. The van der Waals surface area contributed by atoms with Gasteiger partial charge in [0.15, 0.2) is 5.78 Å². The first kappa shape index (κ1) is 59.0. The summed E-state index contributed by atoms with van der Waals surface area (Å²) >= 11 is 0. The number of amides is 3. The summed E-state index contributed by atoms with van der Waals surface area (Å²) in [5.74, 6) is -2.30. The molecule has 1 unspecified atom stereocenters. The predicted octanol–water partition coefficient (Wildman–Crippen LogP) is 4.04. The molecule has 3 rings (SSSR count). The molecule has 0 aliphatic carbocycles. The molecule has 2 aliphatic heterocycles. The molecule has 1 aromatic carbocycles. The lowest BCUT2D eigenvalue weighted by molar-refractivity contribution is -0.149. The van der Waals surface area contributed by atoms with E-state index < -0.39 is 36.0 Å². The number of aliphatic hydroxyl groups excluding tert-OH is 1. The van der Waals surface area contributed by atoms with Crippen LogP contribution in [-0.2, 0) is 54.1 Å². The van der Waals surface area contributed by atoms with E-state index in [0.717, 1.165) is 44.6 Å². The van der Waals surface area contributed by atoms with E-state index in [2.05, 4.69) is 43.2 Å². The van der Waals surface area contributed by atoms with Gasteiger partial charge in [0.2, 0.25) is 17.7 Å². The Bertz CT molecular complexity index is 1630. The number of hydrogen-bond acceptors (Lipinski definition) is 13. The molecular formula is C52H89N5O11. The number of carbonyl (C=O) groups excluding carboxylic acids is 5. The summed E-state index contributed by atoms with van der Waals surface area (Å²) < 4.78 is 28.5. The van der Waals surface area contributed by atoms with E-state index in [1.54, 1.807) is 26.2 Å². The highest BCUT2D eigenvalue weighted by Crippen LogP contribution is 2.32. The number of rotatable bonds is 34. The molecule has 0 bridgehead atoms. The average Bonchev–Trinajstić information content (AvgIpc) is 3.82. The third-order valence-corrected chi connectivity index (χ3v) is 14.1. The van der Waals surface area contributed by atoms with Crippen molar-refractivity contribution in [1.29, 1.82) is 0 Å². The summed E-state index contributed by atoms with van der Waals surface area (Å²) in [6.45, 7) is 20.1. The Kier molecular flexibility index (Phi) is 27.6. The van der Waals surface area contributed by atoms with Crippen molar-refractivity contribution in [3.05, 3.63) is 35.9 Å². The number of hydrogen-bond donors (Lipinski definition) is 3. The summed E-state index contributed by atoms with van der Waals surface area (Å²) in [5.41, 5.74) is 0.940. The molecule has 16 nitrogen and oxygen atoms in total. The molecule has 0 spiro atoms. The summed E-state index contributed by atoms with van der Waals surface area (Å²) in [5, 5.41) is 15.1. The van der Waals surface area contributed by atoms with Gasteiger partial charge in [0.25, 0.3) is 0 Å². The van der Waals surface area contributed by atoms with Gasteiger partial charge >= 0.3 is 0 Å². The fraction of sp³-hybridized carbons (Fsp3) is 0.788. The van der Waals surface area contributed by atoms with Gasteiger partial charge in [-0.3, -0.25) is 28.9 Å². The number of ketones is 2. The standard InChI is InChI=1S/C52H89N5O11/c1-11-38(6)49(55(8)52(63)42(36(2)3)34-45(60)48(37(4)5)56-23-19-53-20-24-56)46(64-9)35-47(61)57-22-15-18-43(57)50(65-10)39(7)44(59)33-41(32-40-16-13-12-14-17-40)51(62)54-21-26-66-28-30-68-31-29-67-27-25-58/h12-14,16-17,36-39,41-43,46,48-50,53,58H,11,15,18-35H2,1-10H3,(H,54,62)/t38-,39-,41+,42-,43-,46?,48-,49-,50+/m0/s1. The zero-order valence-corrected chi connectivity index (χ0v) is 43.3. The van der Waals surface area contributed by atoms with Gasteiger partial charge in [-0.05, 0) is 42.6 Å². The summed E-state index contributed by atoms with van der Waals surface area (Å²) in [7, 11) is 4.94. The molecule has 3 amide bonds. The molecule has 2 saturated heterocycles. The fourth-order valence-corrected chi connectivity index (χ4v) is 10.1. The molecule has 0 aromatic heterocycles. The van der Waals surface area contributed by atoms with Crippen LogP contribution in [0.25, 0.3) is 0 Å². The van der Waals surface area contributed by atoms with Crippen LogP contribution in [0.15, 0.2) is 30.3 Å². The van der Waals surface area contributed by atoms with Crippen LogP contribution in [0.5, 0.6) is 0 Å². The number of nitrogens with zero attached hydrogens (tertiary/aromatic N) is 3. The molecule has 0 radical (unpaired) electrons. The molecule has 2 aliphatic rings. The number of piperazine rings is 1. The minimum absolute atomic E-state index is 0.00496. The SMILES string of the molecule is CC[C@H](C)[C@@H](C(CC(=O)N1CCC[C@H]1[C@H](OC)[C@@H](C)C(=O)C[C@@H](Cc1ccccc1)C(=O)NCCOCCOCCOCCO)OC)N(C)C(=O)[C@@H](CC(=O)[C@H](C(C)C)N1CCNCC1)C(C)C. The molecule has 68 heavy (non-hydrogen) atoms. The molecule has 1 aromatic rings. The van der Waals surface area contributed by atoms with Gasteiger partial charge in [0.1, 0.15) is 5.78 Å². The number of aliphatic hydroxyl groups is 1. The third kappa shape index (κ3) is 18.4. The lowest BCUT2D eigenvalue weighted by Gasteiger charge is -2.41. The van der Waals surface area contributed by atoms with Gasteiger partial charge in [-0.25, -0.2) is 0 Å². The van der Waals surface area contributed by atoms with Crippen LogP contribution in [0.1, 0.15) is 92.6 Å². The number of likely N-dealkylation sites (N-methyl/N-ethyl adjacent to an activating group) is 1. The first-order valence-corrected chi connectivity index (χ1v) is 25.4. The van der Waals surface area contributed by atoms with E-state index in [0.29, 0.717) is 45.8 Å². The predicted molar refractivity (Wildman–Crippen MR) is 263 cm³/mol. The Labute approximate surface area is 408 Å². The smallest absolute Gasteiger partial charge is 0.226 e. The van der Waals surface area contributed by atoms with Crippen molar-refractivity contribution in [1.82, 2.24) is 25.3 Å². The van der Waals surface area contributed by atoms with Crippen molar-refractivity contribution < 1.29 is 52.8 Å². The van der Waals surface area contributed by atoms with Crippen molar-refractivity contribution in [2.75, 3.05) is 107 Å².